The Balaban J connectivity index is 1.38. The SMILES string of the molecule is CC1(c2cnn(C(F)F)n2)CC(C(=O)Nc2cnc(-n3nccn3)c(Cl)c2)c2cnc3cc(F)nn3c21. The maximum absolute atomic E-state index is 14.1. The number of amides is 1. The lowest BCUT2D eigenvalue weighted by atomic mass is 9.83. The van der Waals surface area contributed by atoms with Gasteiger partial charge in [-0.3, -0.25) is 4.79 Å². The summed E-state index contributed by atoms with van der Waals surface area (Å²) in [7, 11) is 0. The van der Waals surface area contributed by atoms with E-state index in [-0.39, 0.29) is 33.4 Å². The van der Waals surface area contributed by atoms with E-state index in [2.05, 4.69) is 40.8 Å². The van der Waals surface area contributed by atoms with Gasteiger partial charge in [-0.05, 0) is 19.4 Å². The number of carbonyl (C=O) groups excluding carboxylic acids is 1. The van der Waals surface area contributed by atoms with Crippen molar-refractivity contribution in [2.24, 2.45) is 0 Å². The molecule has 37 heavy (non-hydrogen) atoms. The average Bonchev–Trinajstić information content (AvgIpc) is 3.64. The van der Waals surface area contributed by atoms with Crippen molar-refractivity contribution in [2.75, 3.05) is 5.32 Å². The molecule has 0 spiro atoms. The summed E-state index contributed by atoms with van der Waals surface area (Å²) < 4.78 is 41.8. The van der Waals surface area contributed by atoms with Crippen LogP contribution in [0.15, 0.2) is 43.1 Å². The zero-order valence-electron chi connectivity index (χ0n) is 18.8. The Kier molecular flexibility index (Phi) is 5.18. The van der Waals surface area contributed by atoms with Gasteiger partial charge in [0.25, 0.3) is 0 Å². The van der Waals surface area contributed by atoms with Gasteiger partial charge in [-0.15, -0.1) is 14.7 Å². The molecule has 0 saturated carbocycles. The van der Waals surface area contributed by atoms with Gasteiger partial charge in [-0.25, -0.2) is 14.5 Å². The van der Waals surface area contributed by atoms with Crippen LogP contribution in [0, 0.1) is 5.95 Å². The van der Waals surface area contributed by atoms with E-state index in [9.17, 15) is 18.0 Å². The Bertz CT molecular complexity index is 1650. The molecule has 0 aliphatic heterocycles. The minimum Gasteiger partial charge on any atom is -0.324 e. The number of anilines is 1. The molecule has 1 amide bonds. The molecule has 0 aromatic carbocycles. The van der Waals surface area contributed by atoms with Gasteiger partial charge in [0.05, 0.1) is 58.2 Å². The van der Waals surface area contributed by atoms with Gasteiger partial charge in [0.15, 0.2) is 11.5 Å². The van der Waals surface area contributed by atoms with Crippen LogP contribution in [-0.4, -0.2) is 55.5 Å². The zero-order chi connectivity index (χ0) is 25.9. The van der Waals surface area contributed by atoms with Crippen molar-refractivity contribution in [1.82, 2.24) is 49.6 Å². The number of halogens is 4. The molecular formula is C21H15ClF3N11O. The minimum atomic E-state index is -2.95. The van der Waals surface area contributed by atoms with E-state index in [4.69, 9.17) is 11.6 Å². The summed E-state index contributed by atoms with van der Waals surface area (Å²) in [5, 5.41) is 22.4. The maximum atomic E-state index is 14.1. The number of hydrogen-bond acceptors (Lipinski definition) is 8. The third-order valence-corrected chi connectivity index (χ3v) is 6.53. The Morgan fingerprint density at radius 1 is 1.14 bits per heavy atom. The Labute approximate surface area is 210 Å². The summed E-state index contributed by atoms with van der Waals surface area (Å²) >= 11 is 6.32. The number of hydrogen-bond donors (Lipinski definition) is 1. The molecule has 1 aliphatic rings. The molecule has 2 unspecified atom stereocenters. The van der Waals surface area contributed by atoms with Crippen LogP contribution in [0.2, 0.25) is 5.02 Å². The summed E-state index contributed by atoms with van der Waals surface area (Å²) in [6.07, 6.45) is 7.10. The largest absolute Gasteiger partial charge is 0.348 e. The Morgan fingerprint density at radius 2 is 1.92 bits per heavy atom. The molecule has 16 heteroatoms. The van der Waals surface area contributed by atoms with E-state index in [0.29, 0.717) is 16.9 Å². The number of pyridine rings is 1. The summed E-state index contributed by atoms with van der Waals surface area (Å²) in [5.74, 6) is -1.76. The molecule has 0 saturated heterocycles. The van der Waals surface area contributed by atoms with E-state index in [1.165, 1.54) is 46.4 Å². The quantitative estimate of drug-likeness (QED) is 0.367. The highest BCUT2D eigenvalue weighted by Gasteiger charge is 2.49. The Hall–Kier alpha value is -4.40. The number of fused-ring (bicyclic) bond motifs is 3. The van der Waals surface area contributed by atoms with E-state index in [1.54, 1.807) is 6.92 Å². The summed E-state index contributed by atoms with van der Waals surface area (Å²) in [5.41, 5.74) is 0.411. The first-order valence-corrected chi connectivity index (χ1v) is 11.2. The van der Waals surface area contributed by atoms with Crippen molar-refractivity contribution in [3.05, 3.63) is 71.0 Å². The van der Waals surface area contributed by atoms with Gasteiger partial charge in [0.2, 0.25) is 11.9 Å². The molecule has 5 heterocycles. The van der Waals surface area contributed by atoms with Crippen molar-refractivity contribution in [3.63, 3.8) is 0 Å². The van der Waals surface area contributed by atoms with E-state index < -0.39 is 29.7 Å². The van der Waals surface area contributed by atoms with Crippen LogP contribution in [0.1, 0.15) is 42.8 Å². The monoisotopic (exact) mass is 529 g/mol. The molecule has 5 aromatic rings. The molecule has 1 aliphatic carbocycles. The number of aromatic nitrogens is 10. The number of nitrogens with zero attached hydrogens (tertiary/aromatic N) is 10. The second kappa shape index (κ2) is 8.33. The summed E-state index contributed by atoms with van der Waals surface area (Å²) in [4.78, 5) is 23.4. The lowest BCUT2D eigenvalue weighted by molar-refractivity contribution is -0.117. The van der Waals surface area contributed by atoms with Crippen molar-refractivity contribution < 1.29 is 18.0 Å². The van der Waals surface area contributed by atoms with Crippen molar-refractivity contribution in [3.8, 4) is 5.82 Å². The van der Waals surface area contributed by atoms with Crippen LogP contribution >= 0.6 is 11.6 Å². The molecule has 0 bridgehead atoms. The molecule has 188 valence electrons. The van der Waals surface area contributed by atoms with E-state index in [1.807, 2.05) is 0 Å². The van der Waals surface area contributed by atoms with Gasteiger partial charge in [-0.1, -0.05) is 11.6 Å². The van der Waals surface area contributed by atoms with E-state index >= 15 is 0 Å². The lowest BCUT2D eigenvalue weighted by Crippen LogP contribution is -2.26. The van der Waals surface area contributed by atoms with Crippen LogP contribution in [-0.2, 0) is 10.2 Å². The topological polar surface area (TPSA) is 134 Å². The normalized spacial score (nSPS) is 19.0. The summed E-state index contributed by atoms with van der Waals surface area (Å²) in [6.45, 7) is -1.24. The van der Waals surface area contributed by atoms with Crippen LogP contribution in [0.4, 0.5) is 18.9 Å². The maximum Gasteiger partial charge on any atom is 0.348 e. The number of alkyl halides is 2. The first-order valence-electron chi connectivity index (χ1n) is 10.8. The molecule has 0 fully saturated rings. The molecular weight excluding hydrogens is 515 g/mol. The molecule has 1 N–H and O–H groups in total. The molecule has 2 atom stereocenters. The predicted octanol–water partition coefficient (Wildman–Crippen LogP) is 2.92. The number of carbonyl (C=O) groups is 1. The Morgan fingerprint density at radius 3 is 2.62 bits per heavy atom. The second-order valence-electron chi connectivity index (χ2n) is 8.55. The smallest absolute Gasteiger partial charge is 0.324 e. The fourth-order valence-corrected chi connectivity index (χ4v) is 4.87. The first kappa shape index (κ1) is 23.0. The third-order valence-electron chi connectivity index (χ3n) is 6.25. The third kappa shape index (κ3) is 3.69. The lowest BCUT2D eigenvalue weighted by Gasteiger charge is -2.23. The van der Waals surface area contributed by atoms with E-state index in [0.717, 1.165) is 6.07 Å². The molecule has 0 radical (unpaired) electrons. The number of rotatable bonds is 5. The van der Waals surface area contributed by atoms with Crippen LogP contribution < -0.4 is 5.32 Å². The first-order chi connectivity index (χ1) is 17.7. The highest BCUT2D eigenvalue weighted by molar-refractivity contribution is 6.32. The highest BCUT2D eigenvalue weighted by atomic mass is 35.5. The average molecular weight is 530 g/mol. The van der Waals surface area contributed by atoms with Crippen molar-refractivity contribution >= 4 is 28.8 Å². The minimum absolute atomic E-state index is 0.106. The predicted molar refractivity (Wildman–Crippen MR) is 121 cm³/mol. The van der Waals surface area contributed by atoms with Gasteiger partial charge in [0.1, 0.15) is 0 Å². The van der Waals surface area contributed by atoms with Crippen molar-refractivity contribution in [2.45, 2.75) is 31.2 Å². The van der Waals surface area contributed by atoms with Crippen LogP contribution in [0.3, 0.4) is 0 Å². The van der Waals surface area contributed by atoms with Crippen LogP contribution in [0.25, 0.3) is 11.5 Å². The van der Waals surface area contributed by atoms with Gasteiger partial charge >= 0.3 is 6.55 Å². The number of nitrogens with one attached hydrogen (secondary N) is 1. The zero-order valence-corrected chi connectivity index (χ0v) is 19.6. The highest BCUT2D eigenvalue weighted by Crippen LogP contribution is 2.49. The second-order valence-corrected chi connectivity index (χ2v) is 8.96. The molecule has 5 aromatic heterocycles. The fraction of sp³-hybridized carbons (Fsp3) is 0.238. The van der Waals surface area contributed by atoms with Gasteiger partial charge in [0, 0.05) is 17.8 Å². The standard InChI is InChI=1S/C21H15ClF3N11O/c1-21(14-9-30-36(32-14)20(24)25)6-11(12-8-26-16-5-15(23)33-34(16)17(12)21)19(37)31-10-4-13(22)18(27-7-10)35-28-2-3-29-35/h2-5,7-9,11,20H,6H2,1H3,(H,31,37). The molecule has 12 nitrogen and oxygen atoms in total. The van der Waals surface area contributed by atoms with Gasteiger partial charge in [-0.2, -0.15) is 33.6 Å². The van der Waals surface area contributed by atoms with Gasteiger partial charge < -0.3 is 5.32 Å². The molecule has 6 rings (SSSR count). The summed E-state index contributed by atoms with van der Waals surface area (Å²) in [6, 6.07) is 2.63. The van der Waals surface area contributed by atoms with Crippen molar-refractivity contribution in [1.29, 1.82) is 0 Å². The van der Waals surface area contributed by atoms with Crippen LogP contribution in [0.5, 0.6) is 0 Å². The fourth-order valence-electron chi connectivity index (χ4n) is 4.62.